The number of nitrogens with zero attached hydrogens (tertiary/aromatic N) is 2. The average molecular weight is 479 g/mol. The molecule has 0 N–H and O–H groups in total. The van der Waals surface area contributed by atoms with E-state index in [0.717, 1.165) is 16.0 Å². The lowest BCUT2D eigenvalue weighted by Crippen LogP contribution is -2.19. The van der Waals surface area contributed by atoms with Gasteiger partial charge in [-0.3, -0.25) is 4.79 Å². The number of fused-ring (bicyclic) bond motifs is 2. The fourth-order valence-corrected chi connectivity index (χ4v) is 5.53. The van der Waals surface area contributed by atoms with Crippen LogP contribution in [0.1, 0.15) is 17.3 Å². The molecule has 4 rings (SSSR count). The van der Waals surface area contributed by atoms with Crippen LogP contribution in [0.4, 0.5) is 0 Å². The molecule has 164 valence electrons. The lowest BCUT2D eigenvalue weighted by Gasteiger charge is -2.18. The molecule has 31 heavy (non-hydrogen) atoms. The van der Waals surface area contributed by atoms with E-state index in [4.69, 9.17) is 9.47 Å². The SMILES string of the molecule is CCS(=O)(=O)c1ccc(C(=O)N=c2sc3cc4c(cc3n2CCSC)OCCO4)cc1. The van der Waals surface area contributed by atoms with Gasteiger partial charge in [0.15, 0.2) is 26.1 Å². The number of carbonyl (C=O) groups is 1. The van der Waals surface area contributed by atoms with Crippen molar-refractivity contribution in [3.63, 3.8) is 0 Å². The molecule has 1 aromatic heterocycles. The highest BCUT2D eigenvalue weighted by atomic mass is 32.2. The molecular weight excluding hydrogens is 456 g/mol. The molecule has 3 aromatic rings. The van der Waals surface area contributed by atoms with E-state index in [0.29, 0.717) is 41.6 Å². The van der Waals surface area contributed by atoms with E-state index in [2.05, 4.69) is 4.99 Å². The number of amides is 1. The summed E-state index contributed by atoms with van der Waals surface area (Å²) in [4.78, 5) is 18.0. The van der Waals surface area contributed by atoms with Crippen LogP contribution in [0.25, 0.3) is 10.2 Å². The number of benzene rings is 2. The van der Waals surface area contributed by atoms with Crippen molar-refractivity contribution in [2.24, 2.45) is 4.99 Å². The maximum absolute atomic E-state index is 12.8. The third-order valence-corrected chi connectivity index (χ3v) is 8.29. The third kappa shape index (κ3) is 4.51. The van der Waals surface area contributed by atoms with Crippen LogP contribution < -0.4 is 14.3 Å². The van der Waals surface area contributed by atoms with Gasteiger partial charge in [0.25, 0.3) is 5.91 Å². The lowest BCUT2D eigenvalue weighted by molar-refractivity contribution is 0.0997. The van der Waals surface area contributed by atoms with Crippen molar-refractivity contribution in [1.29, 1.82) is 0 Å². The Hall–Kier alpha value is -2.30. The van der Waals surface area contributed by atoms with Crippen LogP contribution in [-0.2, 0) is 16.4 Å². The van der Waals surface area contributed by atoms with E-state index in [9.17, 15) is 13.2 Å². The minimum absolute atomic E-state index is 0.0132. The zero-order valence-corrected chi connectivity index (χ0v) is 19.6. The molecule has 1 amide bonds. The number of aryl methyl sites for hydroxylation is 1. The molecule has 1 aliphatic heterocycles. The first kappa shape index (κ1) is 21.9. The summed E-state index contributed by atoms with van der Waals surface area (Å²) < 4.78 is 38.4. The Balaban J connectivity index is 1.75. The fourth-order valence-electron chi connectivity index (χ4n) is 3.21. The minimum atomic E-state index is -3.31. The number of hydrogen-bond acceptors (Lipinski definition) is 7. The Labute approximate surface area is 188 Å². The summed E-state index contributed by atoms with van der Waals surface area (Å²) >= 11 is 3.13. The molecular formula is C21H22N2O5S3. The van der Waals surface area contributed by atoms with Crippen molar-refractivity contribution in [3.05, 3.63) is 46.8 Å². The molecule has 0 saturated heterocycles. The van der Waals surface area contributed by atoms with Crippen LogP contribution in [0.3, 0.4) is 0 Å². The van der Waals surface area contributed by atoms with E-state index < -0.39 is 15.7 Å². The molecule has 0 atom stereocenters. The van der Waals surface area contributed by atoms with Crippen LogP contribution in [0, 0.1) is 0 Å². The van der Waals surface area contributed by atoms with E-state index in [-0.39, 0.29) is 10.6 Å². The molecule has 0 aliphatic carbocycles. The van der Waals surface area contributed by atoms with Crippen molar-refractivity contribution < 1.29 is 22.7 Å². The molecule has 0 unspecified atom stereocenters. The van der Waals surface area contributed by atoms with Gasteiger partial charge in [-0.25, -0.2) is 8.42 Å². The summed E-state index contributed by atoms with van der Waals surface area (Å²) in [6.45, 7) is 3.30. The number of sulfone groups is 1. The predicted octanol–water partition coefficient (Wildman–Crippen LogP) is 3.37. The molecule has 0 spiro atoms. The first-order chi connectivity index (χ1) is 14.9. The van der Waals surface area contributed by atoms with Crippen LogP contribution in [0.2, 0.25) is 0 Å². The van der Waals surface area contributed by atoms with E-state index in [1.165, 1.54) is 35.6 Å². The van der Waals surface area contributed by atoms with Gasteiger partial charge in [0.2, 0.25) is 0 Å². The van der Waals surface area contributed by atoms with Crippen LogP contribution >= 0.6 is 23.1 Å². The van der Waals surface area contributed by atoms with Gasteiger partial charge in [-0.2, -0.15) is 16.8 Å². The second-order valence-corrected chi connectivity index (χ2v) is 11.1. The Morgan fingerprint density at radius 2 is 1.84 bits per heavy atom. The van der Waals surface area contributed by atoms with Gasteiger partial charge in [0, 0.05) is 30.0 Å². The number of carbonyl (C=O) groups excluding carboxylic acids is 1. The second kappa shape index (κ2) is 9.05. The number of aromatic nitrogens is 1. The van der Waals surface area contributed by atoms with Gasteiger partial charge in [-0.05, 0) is 30.5 Å². The maximum Gasteiger partial charge on any atom is 0.279 e. The quantitative estimate of drug-likeness (QED) is 0.540. The van der Waals surface area contributed by atoms with Crippen LogP contribution in [-0.4, -0.2) is 49.9 Å². The summed E-state index contributed by atoms with van der Waals surface area (Å²) in [5.74, 6) is 1.86. The van der Waals surface area contributed by atoms with Gasteiger partial charge in [0.1, 0.15) is 13.2 Å². The number of rotatable bonds is 6. The van der Waals surface area contributed by atoms with E-state index >= 15 is 0 Å². The summed E-state index contributed by atoms with van der Waals surface area (Å²) in [6.07, 6.45) is 2.03. The molecule has 1 aliphatic rings. The zero-order valence-electron chi connectivity index (χ0n) is 17.2. The van der Waals surface area contributed by atoms with Gasteiger partial charge in [0.05, 0.1) is 20.9 Å². The molecule has 10 heteroatoms. The summed E-state index contributed by atoms with van der Waals surface area (Å²) in [7, 11) is -3.31. The molecule has 2 heterocycles. The zero-order chi connectivity index (χ0) is 22.0. The minimum Gasteiger partial charge on any atom is -0.486 e. The maximum atomic E-state index is 12.8. The monoisotopic (exact) mass is 478 g/mol. The van der Waals surface area contributed by atoms with Crippen molar-refractivity contribution >= 4 is 49.1 Å². The summed E-state index contributed by atoms with van der Waals surface area (Å²) in [6, 6.07) is 9.79. The number of ether oxygens (including phenoxy) is 2. The lowest BCUT2D eigenvalue weighted by atomic mass is 10.2. The Morgan fingerprint density at radius 3 is 2.48 bits per heavy atom. The highest BCUT2D eigenvalue weighted by Crippen LogP contribution is 2.35. The van der Waals surface area contributed by atoms with Crippen molar-refractivity contribution in [2.75, 3.05) is 31.0 Å². The van der Waals surface area contributed by atoms with Crippen molar-refractivity contribution in [3.8, 4) is 11.5 Å². The Kier molecular flexibility index (Phi) is 6.40. The van der Waals surface area contributed by atoms with Gasteiger partial charge >= 0.3 is 0 Å². The first-order valence-corrected chi connectivity index (χ1v) is 13.6. The highest BCUT2D eigenvalue weighted by Gasteiger charge is 2.17. The topological polar surface area (TPSA) is 87.0 Å². The van der Waals surface area contributed by atoms with Gasteiger partial charge < -0.3 is 14.0 Å². The van der Waals surface area contributed by atoms with Crippen LogP contribution in [0.5, 0.6) is 11.5 Å². The summed E-state index contributed by atoms with van der Waals surface area (Å²) in [5, 5.41) is 0. The van der Waals surface area contributed by atoms with Crippen molar-refractivity contribution in [2.45, 2.75) is 18.4 Å². The largest absolute Gasteiger partial charge is 0.486 e. The smallest absolute Gasteiger partial charge is 0.279 e. The van der Waals surface area contributed by atoms with E-state index in [1.807, 2.05) is 23.0 Å². The first-order valence-electron chi connectivity index (χ1n) is 9.76. The number of hydrogen-bond donors (Lipinski definition) is 0. The van der Waals surface area contributed by atoms with Crippen molar-refractivity contribution in [1.82, 2.24) is 4.57 Å². The van der Waals surface area contributed by atoms with Gasteiger partial charge in [-0.15, -0.1) is 0 Å². The predicted molar refractivity (Wildman–Crippen MR) is 123 cm³/mol. The number of thiazole rings is 1. The molecule has 0 saturated carbocycles. The standard InChI is InChI=1S/C21H22N2O5S3/c1-3-31(25,26)15-6-4-14(5-7-15)20(24)22-21-23(8-11-29-2)16-12-17-18(13-19(16)30-21)28-10-9-27-17/h4-7,12-13H,3,8-11H2,1-2H3. The molecule has 0 radical (unpaired) electrons. The Bertz CT molecular complexity index is 1290. The third-order valence-electron chi connectivity index (χ3n) is 4.90. The van der Waals surface area contributed by atoms with Gasteiger partial charge in [-0.1, -0.05) is 18.3 Å². The highest BCUT2D eigenvalue weighted by molar-refractivity contribution is 7.98. The fraction of sp³-hybridized carbons (Fsp3) is 0.333. The Morgan fingerprint density at radius 1 is 1.16 bits per heavy atom. The molecule has 2 aromatic carbocycles. The summed E-state index contributed by atoms with van der Waals surface area (Å²) in [5.41, 5.74) is 1.29. The average Bonchev–Trinajstić information content (AvgIpc) is 3.11. The van der Waals surface area contributed by atoms with E-state index in [1.54, 1.807) is 18.7 Å². The van der Waals surface area contributed by atoms with Crippen LogP contribution in [0.15, 0.2) is 46.3 Å². The normalized spacial score (nSPS) is 14.2. The molecule has 0 bridgehead atoms. The second-order valence-electron chi connectivity index (χ2n) is 6.84. The number of thioether (sulfide) groups is 1. The molecule has 0 fully saturated rings. The molecule has 7 nitrogen and oxygen atoms in total.